The van der Waals surface area contributed by atoms with Gasteiger partial charge < -0.3 is 4.18 Å². The zero-order chi connectivity index (χ0) is 9.07. The molecule has 0 aliphatic carbocycles. The number of rotatable bonds is 3. The molecule has 0 amide bonds. The Bertz CT molecular complexity index is 256. The van der Waals surface area contributed by atoms with E-state index in [-0.39, 0.29) is 0 Å². The third kappa shape index (κ3) is 4.62. The van der Waals surface area contributed by atoms with Gasteiger partial charge in [0.1, 0.15) is 6.67 Å². The minimum absolute atomic E-state index is 1.85. The molecule has 0 atom stereocenters. The fourth-order valence-electron chi connectivity index (χ4n) is 0.190. The van der Waals surface area contributed by atoms with E-state index in [2.05, 4.69) is 4.18 Å². The van der Waals surface area contributed by atoms with Gasteiger partial charge in [0.15, 0.2) is 0 Å². The van der Waals surface area contributed by atoms with Gasteiger partial charge in [0, 0.05) is 0 Å². The zero-order valence-corrected chi connectivity index (χ0v) is 5.74. The maximum absolute atomic E-state index is 11.8. The van der Waals surface area contributed by atoms with Crippen LogP contribution in [0.5, 0.6) is 0 Å². The van der Waals surface area contributed by atoms with Crippen molar-refractivity contribution >= 4 is 10.4 Å². The highest BCUT2D eigenvalue weighted by Gasteiger charge is 2.14. The van der Waals surface area contributed by atoms with Crippen LogP contribution in [0, 0.1) is 0 Å². The third-order valence-corrected chi connectivity index (χ3v) is 0.866. The summed E-state index contributed by atoms with van der Waals surface area (Å²) >= 11 is 0. The molecule has 0 aromatic rings. The molecule has 0 aliphatic heterocycles. The van der Waals surface area contributed by atoms with E-state index in [4.69, 9.17) is 4.55 Å². The second-order valence-electron chi connectivity index (χ2n) is 1.32. The molecule has 0 aromatic carbocycles. The van der Waals surface area contributed by atoms with Crippen LogP contribution in [-0.4, -0.2) is 19.6 Å². The molecule has 0 aliphatic rings. The van der Waals surface area contributed by atoms with Crippen LogP contribution in [0.2, 0.25) is 0 Å². The first-order valence-electron chi connectivity index (χ1n) is 2.14. The second-order valence-corrected chi connectivity index (χ2v) is 2.35. The van der Waals surface area contributed by atoms with Crippen LogP contribution in [-0.2, 0) is 14.6 Å². The van der Waals surface area contributed by atoms with E-state index < -0.39 is 28.9 Å². The highest BCUT2D eigenvalue weighted by molar-refractivity contribution is 7.81. The molecule has 0 saturated carbocycles. The van der Waals surface area contributed by atoms with Gasteiger partial charge >= 0.3 is 16.4 Å². The summed E-state index contributed by atoms with van der Waals surface area (Å²) < 4.78 is 64.6. The molecule has 4 nitrogen and oxygen atoms in total. The maximum Gasteiger partial charge on any atom is 0.448 e. The normalized spacial score (nSPS) is 14.2. The summed E-state index contributed by atoms with van der Waals surface area (Å²) in [5.74, 6) is -2.04. The standard InChI is InChI=1S/C3H3F3O4S/c4-1-2(5)3(6)10-11(7,8)9/h1H2,(H,7,8,9)/b3-2-. The van der Waals surface area contributed by atoms with Gasteiger partial charge in [-0.25, -0.2) is 8.78 Å². The Labute approximate surface area is 60.2 Å². The molecule has 1 N–H and O–H groups in total. The molecule has 0 saturated heterocycles. The average Bonchev–Trinajstić information content (AvgIpc) is 1.82. The van der Waals surface area contributed by atoms with E-state index in [1.54, 1.807) is 0 Å². The quantitative estimate of drug-likeness (QED) is 0.532. The Morgan fingerprint density at radius 3 is 2.18 bits per heavy atom. The Kier molecular flexibility index (Phi) is 3.33. The molecule has 0 fully saturated rings. The number of halogens is 3. The smallest absolute Gasteiger partial charge is 0.329 e. The van der Waals surface area contributed by atoms with Crippen LogP contribution in [0.3, 0.4) is 0 Å². The molecule has 0 bridgehead atoms. The maximum atomic E-state index is 11.8. The molecule has 8 heteroatoms. The SMILES string of the molecule is O=S(=O)(O)O/C(F)=C(\F)CF. The van der Waals surface area contributed by atoms with Crippen molar-refractivity contribution < 1.29 is 30.3 Å². The summed E-state index contributed by atoms with van der Waals surface area (Å²) in [5, 5.41) is 0. The molecule has 11 heavy (non-hydrogen) atoms. The van der Waals surface area contributed by atoms with Crippen molar-refractivity contribution in [3.05, 3.63) is 11.8 Å². The lowest BCUT2D eigenvalue weighted by molar-refractivity contribution is 0.240. The Morgan fingerprint density at radius 1 is 1.45 bits per heavy atom. The van der Waals surface area contributed by atoms with Gasteiger partial charge in [-0.1, -0.05) is 0 Å². The summed E-state index contributed by atoms with van der Waals surface area (Å²) in [6, 6.07) is -2.31. The molecular formula is C3H3F3O4S. The first-order valence-corrected chi connectivity index (χ1v) is 3.50. The van der Waals surface area contributed by atoms with E-state index >= 15 is 0 Å². The van der Waals surface area contributed by atoms with Gasteiger partial charge in [-0.15, -0.1) is 0 Å². The summed E-state index contributed by atoms with van der Waals surface area (Å²) in [6.07, 6.45) is 0. The predicted molar refractivity (Wildman–Crippen MR) is 27.9 cm³/mol. The van der Waals surface area contributed by atoms with Crippen LogP contribution in [0.1, 0.15) is 0 Å². The van der Waals surface area contributed by atoms with E-state index in [1.165, 1.54) is 0 Å². The number of alkyl halides is 1. The minimum atomic E-state index is -5.12. The van der Waals surface area contributed by atoms with Crippen molar-refractivity contribution in [1.29, 1.82) is 0 Å². The van der Waals surface area contributed by atoms with Gasteiger partial charge in [-0.05, 0) is 0 Å². The first kappa shape index (κ1) is 10.2. The number of hydrogen-bond acceptors (Lipinski definition) is 3. The van der Waals surface area contributed by atoms with Crippen molar-refractivity contribution in [3.8, 4) is 0 Å². The topological polar surface area (TPSA) is 63.6 Å². The lowest BCUT2D eigenvalue weighted by Crippen LogP contribution is -2.02. The van der Waals surface area contributed by atoms with Crippen molar-refractivity contribution in [1.82, 2.24) is 0 Å². The fourth-order valence-corrected chi connectivity index (χ4v) is 0.466. The molecule has 0 spiro atoms. The summed E-state index contributed by atoms with van der Waals surface area (Å²) in [4.78, 5) is 0. The largest absolute Gasteiger partial charge is 0.448 e. The van der Waals surface area contributed by atoms with Crippen molar-refractivity contribution in [2.75, 3.05) is 6.67 Å². The second kappa shape index (κ2) is 3.58. The van der Waals surface area contributed by atoms with Gasteiger partial charge in [-0.3, -0.25) is 4.55 Å². The van der Waals surface area contributed by atoms with E-state index in [0.717, 1.165) is 0 Å². The van der Waals surface area contributed by atoms with Crippen LogP contribution in [0.25, 0.3) is 0 Å². The predicted octanol–water partition coefficient (Wildman–Crippen LogP) is 0.883. The number of allylic oxidation sites excluding steroid dienone is 1. The van der Waals surface area contributed by atoms with Gasteiger partial charge in [0.05, 0.1) is 0 Å². The first-order chi connectivity index (χ1) is 4.87. The highest BCUT2D eigenvalue weighted by Crippen LogP contribution is 2.11. The zero-order valence-electron chi connectivity index (χ0n) is 4.92. The van der Waals surface area contributed by atoms with Gasteiger partial charge in [0.25, 0.3) is 0 Å². The van der Waals surface area contributed by atoms with Crippen LogP contribution < -0.4 is 0 Å². The molecular weight excluding hydrogens is 189 g/mol. The van der Waals surface area contributed by atoms with Crippen molar-refractivity contribution in [3.63, 3.8) is 0 Å². The van der Waals surface area contributed by atoms with Gasteiger partial charge in [-0.2, -0.15) is 12.8 Å². The van der Waals surface area contributed by atoms with Crippen molar-refractivity contribution in [2.45, 2.75) is 0 Å². The average molecular weight is 192 g/mol. The monoisotopic (exact) mass is 192 g/mol. The van der Waals surface area contributed by atoms with Crippen LogP contribution in [0.4, 0.5) is 13.2 Å². The molecule has 0 radical (unpaired) electrons. The van der Waals surface area contributed by atoms with E-state index in [1.807, 2.05) is 0 Å². The lowest BCUT2D eigenvalue weighted by Gasteiger charge is -1.96. The fraction of sp³-hybridized carbons (Fsp3) is 0.333. The molecule has 0 rings (SSSR count). The summed E-state index contributed by atoms with van der Waals surface area (Å²) in [5.41, 5.74) is 0. The molecule has 0 heterocycles. The van der Waals surface area contributed by atoms with E-state index in [9.17, 15) is 21.6 Å². The summed E-state index contributed by atoms with van der Waals surface area (Å²) in [6.45, 7) is -1.85. The molecule has 66 valence electrons. The Hall–Kier alpha value is -0.760. The lowest BCUT2D eigenvalue weighted by atomic mass is 10.6. The number of hydrogen-bond donors (Lipinski definition) is 1. The van der Waals surface area contributed by atoms with Crippen LogP contribution >= 0.6 is 0 Å². The third-order valence-electron chi connectivity index (χ3n) is 0.509. The van der Waals surface area contributed by atoms with E-state index in [0.29, 0.717) is 0 Å². The Morgan fingerprint density at radius 2 is 1.91 bits per heavy atom. The minimum Gasteiger partial charge on any atom is -0.329 e. The van der Waals surface area contributed by atoms with Crippen LogP contribution in [0.15, 0.2) is 11.8 Å². The van der Waals surface area contributed by atoms with Gasteiger partial charge in [0.2, 0.25) is 5.83 Å². The Balaban J connectivity index is 4.42. The highest BCUT2D eigenvalue weighted by atomic mass is 32.3. The summed E-state index contributed by atoms with van der Waals surface area (Å²) in [7, 11) is -5.12. The molecule has 0 aromatic heterocycles. The molecule has 0 unspecified atom stereocenters. The van der Waals surface area contributed by atoms with Crippen molar-refractivity contribution in [2.24, 2.45) is 0 Å².